The molecule has 1 aromatic heterocycles. The summed E-state index contributed by atoms with van der Waals surface area (Å²) in [7, 11) is 0. The van der Waals surface area contributed by atoms with Crippen molar-refractivity contribution < 1.29 is 14.6 Å². The third kappa shape index (κ3) is 4.09. The predicted octanol–water partition coefficient (Wildman–Crippen LogP) is 2.18. The second kappa shape index (κ2) is 8.14. The SMILES string of the molecule is Cc1cc(C(=O)C[NH+]2CCN(c3ccc([N+](=O)[O-])cc3)CC2)c(C)n1C(C)C. The molecule has 0 spiro atoms. The Morgan fingerprint density at radius 2 is 1.79 bits per heavy atom. The highest BCUT2D eigenvalue weighted by atomic mass is 16.6. The molecule has 28 heavy (non-hydrogen) atoms. The van der Waals surface area contributed by atoms with Gasteiger partial charge in [0.2, 0.25) is 5.78 Å². The standard InChI is InChI=1S/C21H28N4O3/c1-15(2)24-16(3)13-20(17(24)4)21(26)14-22-9-11-23(12-10-22)18-5-7-19(8-6-18)25(27)28/h5-8,13,15H,9-12,14H2,1-4H3/p+1. The third-order valence-corrected chi connectivity index (χ3v) is 5.61. The molecule has 0 aliphatic carbocycles. The molecule has 0 amide bonds. The average molecular weight is 385 g/mol. The monoisotopic (exact) mass is 385 g/mol. The first-order valence-corrected chi connectivity index (χ1v) is 9.82. The van der Waals surface area contributed by atoms with Crippen LogP contribution in [0, 0.1) is 24.0 Å². The number of nitro groups is 1. The van der Waals surface area contributed by atoms with E-state index in [2.05, 4.69) is 30.2 Å². The second-order valence-electron chi connectivity index (χ2n) is 7.86. The van der Waals surface area contributed by atoms with E-state index in [1.54, 1.807) is 24.3 Å². The summed E-state index contributed by atoms with van der Waals surface area (Å²) in [5.74, 6) is 0.207. The van der Waals surface area contributed by atoms with Crippen LogP contribution in [0.25, 0.3) is 0 Å². The number of aryl methyl sites for hydroxylation is 1. The fourth-order valence-corrected chi connectivity index (χ4v) is 4.22. The molecule has 1 saturated heterocycles. The number of nitro benzene ring substituents is 1. The molecule has 0 radical (unpaired) electrons. The van der Waals surface area contributed by atoms with E-state index in [0.29, 0.717) is 12.6 Å². The number of rotatable bonds is 6. The maximum atomic E-state index is 12.9. The van der Waals surface area contributed by atoms with Gasteiger partial charge < -0.3 is 14.4 Å². The maximum Gasteiger partial charge on any atom is 0.269 e. The van der Waals surface area contributed by atoms with Gasteiger partial charge in [0.25, 0.3) is 5.69 Å². The average Bonchev–Trinajstić information content (AvgIpc) is 2.97. The van der Waals surface area contributed by atoms with Crippen LogP contribution in [0.1, 0.15) is 41.6 Å². The minimum Gasteiger partial charge on any atom is -0.360 e. The zero-order valence-corrected chi connectivity index (χ0v) is 17.1. The predicted molar refractivity (Wildman–Crippen MR) is 109 cm³/mol. The summed E-state index contributed by atoms with van der Waals surface area (Å²) in [5.41, 5.74) is 4.14. The first-order chi connectivity index (χ1) is 13.3. The number of aromatic nitrogens is 1. The molecule has 3 rings (SSSR count). The Morgan fingerprint density at radius 1 is 1.18 bits per heavy atom. The van der Waals surface area contributed by atoms with Crippen molar-refractivity contribution in [3.05, 3.63) is 57.4 Å². The minimum atomic E-state index is -0.381. The van der Waals surface area contributed by atoms with Gasteiger partial charge in [0.15, 0.2) is 0 Å². The highest BCUT2D eigenvalue weighted by Gasteiger charge is 2.25. The fourth-order valence-electron chi connectivity index (χ4n) is 4.22. The number of benzene rings is 1. The lowest BCUT2D eigenvalue weighted by Gasteiger charge is -2.33. The number of quaternary nitrogens is 1. The van der Waals surface area contributed by atoms with Crippen molar-refractivity contribution >= 4 is 17.2 Å². The Labute approximate surface area is 165 Å². The number of nitrogens with one attached hydrogen (secondary N) is 1. The van der Waals surface area contributed by atoms with Crippen LogP contribution in [0.2, 0.25) is 0 Å². The highest BCUT2D eigenvalue weighted by molar-refractivity contribution is 5.98. The van der Waals surface area contributed by atoms with Crippen LogP contribution < -0.4 is 9.80 Å². The van der Waals surface area contributed by atoms with Crippen LogP contribution in [0.4, 0.5) is 11.4 Å². The molecule has 0 bridgehead atoms. The second-order valence-corrected chi connectivity index (χ2v) is 7.86. The van der Waals surface area contributed by atoms with E-state index < -0.39 is 0 Å². The smallest absolute Gasteiger partial charge is 0.269 e. The summed E-state index contributed by atoms with van der Waals surface area (Å²) in [4.78, 5) is 26.8. The molecule has 7 heteroatoms. The van der Waals surface area contributed by atoms with Gasteiger partial charge in [0.1, 0.15) is 6.54 Å². The Balaban J connectivity index is 1.59. The van der Waals surface area contributed by atoms with E-state index in [4.69, 9.17) is 0 Å². The van der Waals surface area contributed by atoms with Gasteiger partial charge in [0.05, 0.1) is 31.1 Å². The summed E-state index contributed by atoms with van der Waals surface area (Å²) in [6, 6.07) is 9.05. The van der Waals surface area contributed by atoms with Crippen LogP contribution in [-0.2, 0) is 0 Å². The van der Waals surface area contributed by atoms with Crippen LogP contribution >= 0.6 is 0 Å². The molecule has 0 saturated carbocycles. The Bertz CT molecular complexity index is 863. The van der Waals surface area contributed by atoms with Gasteiger partial charge in [-0.2, -0.15) is 0 Å². The van der Waals surface area contributed by atoms with E-state index in [1.807, 2.05) is 13.0 Å². The van der Waals surface area contributed by atoms with Crippen LogP contribution in [0.3, 0.4) is 0 Å². The summed E-state index contributed by atoms with van der Waals surface area (Å²) in [6.07, 6.45) is 0. The molecule has 7 nitrogen and oxygen atoms in total. The van der Waals surface area contributed by atoms with Crippen molar-refractivity contribution in [3.63, 3.8) is 0 Å². The molecule has 1 aliphatic rings. The van der Waals surface area contributed by atoms with Gasteiger partial charge in [-0.3, -0.25) is 14.9 Å². The number of hydrogen-bond acceptors (Lipinski definition) is 4. The lowest BCUT2D eigenvalue weighted by atomic mass is 10.1. The van der Waals surface area contributed by atoms with Crippen molar-refractivity contribution in [2.45, 2.75) is 33.7 Å². The van der Waals surface area contributed by atoms with Crippen LogP contribution in [-0.4, -0.2) is 48.0 Å². The molecular weight excluding hydrogens is 356 g/mol. The number of Topliss-reactive ketones (excluding diaryl/α,β-unsaturated/α-hetero) is 1. The van der Waals surface area contributed by atoms with Crippen molar-refractivity contribution in [2.24, 2.45) is 0 Å². The lowest BCUT2D eigenvalue weighted by Crippen LogP contribution is -3.15. The van der Waals surface area contributed by atoms with Gasteiger partial charge in [-0.15, -0.1) is 0 Å². The van der Waals surface area contributed by atoms with E-state index in [9.17, 15) is 14.9 Å². The van der Waals surface area contributed by atoms with Crippen LogP contribution in [0.15, 0.2) is 30.3 Å². The minimum absolute atomic E-state index is 0.109. The molecule has 150 valence electrons. The Morgan fingerprint density at radius 3 is 2.29 bits per heavy atom. The van der Waals surface area contributed by atoms with Gasteiger partial charge >= 0.3 is 0 Å². The maximum absolute atomic E-state index is 12.9. The van der Waals surface area contributed by atoms with Crippen LogP contribution in [0.5, 0.6) is 0 Å². The summed E-state index contributed by atoms with van der Waals surface area (Å²) < 4.78 is 2.22. The number of ketones is 1. The van der Waals surface area contributed by atoms with Gasteiger partial charge in [0, 0.05) is 40.8 Å². The largest absolute Gasteiger partial charge is 0.360 e. The third-order valence-electron chi connectivity index (χ3n) is 5.61. The summed E-state index contributed by atoms with van der Waals surface area (Å²) in [5, 5.41) is 10.8. The zero-order chi connectivity index (χ0) is 20.4. The van der Waals surface area contributed by atoms with Crippen molar-refractivity contribution in [1.82, 2.24) is 4.57 Å². The first kappa shape index (κ1) is 20.1. The number of carbonyl (C=O) groups is 1. The highest BCUT2D eigenvalue weighted by Crippen LogP contribution is 2.21. The van der Waals surface area contributed by atoms with E-state index >= 15 is 0 Å². The molecule has 2 aromatic rings. The molecule has 1 aromatic carbocycles. The van der Waals surface area contributed by atoms with Gasteiger partial charge in [-0.1, -0.05) is 0 Å². The molecule has 0 atom stereocenters. The summed E-state index contributed by atoms with van der Waals surface area (Å²) in [6.45, 7) is 12.3. The number of nitrogens with zero attached hydrogens (tertiary/aromatic N) is 3. The number of non-ortho nitro benzene ring substituents is 1. The van der Waals surface area contributed by atoms with E-state index in [0.717, 1.165) is 48.8 Å². The number of anilines is 1. The zero-order valence-electron chi connectivity index (χ0n) is 17.1. The summed E-state index contributed by atoms with van der Waals surface area (Å²) >= 11 is 0. The quantitative estimate of drug-likeness (QED) is 0.470. The van der Waals surface area contributed by atoms with Gasteiger partial charge in [-0.05, 0) is 45.9 Å². The molecule has 1 aliphatic heterocycles. The molecule has 1 fully saturated rings. The molecular formula is C21H29N4O3+. The number of piperazine rings is 1. The molecule has 0 unspecified atom stereocenters. The molecule has 1 N–H and O–H groups in total. The van der Waals surface area contributed by atoms with Crippen molar-refractivity contribution in [1.29, 1.82) is 0 Å². The van der Waals surface area contributed by atoms with Crippen molar-refractivity contribution in [3.8, 4) is 0 Å². The normalized spacial score (nSPS) is 15.2. The Kier molecular flexibility index (Phi) is 5.84. The number of carbonyl (C=O) groups excluding carboxylic acids is 1. The molecule has 2 heterocycles. The van der Waals surface area contributed by atoms with Crippen molar-refractivity contribution in [2.75, 3.05) is 37.6 Å². The van der Waals surface area contributed by atoms with Gasteiger partial charge in [-0.25, -0.2) is 0 Å². The Hall–Kier alpha value is -2.67. The topological polar surface area (TPSA) is 72.8 Å². The first-order valence-electron chi connectivity index (χ1n) is 9.82. The van der Waals surface area contributed by atoms with E-state index in [-0.39, 0.29) is 16.4 Å². The number of hydrogen-bond donors (Lipinski definition) is 1. The lowest BCUT2D eigenvalue weighted by molar-refractivity contribution is -0.892. The fraction of sp³-hybridized carbons (Fsp3) is 0.476. The van der Waals surface area contributed by atoms with E-state index in [1.165, 1.54) is 4.90 Å².